The van der Waals surface area contributed by atoms with Crippen LogP contribution in [-0.2, 0) is 35.1 Å². The molecule has 2 aliphatic heterocycles. The molecule has 2 amide bonds. The van der Waals surface area contributed by atoms with Gasteiger partial charge in [-0.25, -0.2) is 4.79 Å². The summed E-state index contributed by atoms with van der Waals surface area (Å²) in [4.78, 5) is 47.8. The Hall–Kier alpha value is -2.23. The number of nitriles is 1. The summed E-state index contributed by atoms with van der Waals surface area (Å²) in [7, 11) is 0. The first kappa shape index (κ1) is 20.1. The Balaban J connectivity index is 2.16. The van der Waals surface area contributed by atoms with Crippen LogP contribution in [-0.4, -0.2) is 73.6 Å². The Bertz CT molecular complexity index is 731. The average molecular weight is 401 g/mol. The molecule has 0 radical (unpaired) electrons. The van der Waals surface area contributed by atoms with Crippen molar-refractivity contribution in [1.82, 2.24) is 10.2 Å². The van der Waals surface area contributed by atoms with Gasteiger partial charge in [0.1, 0.15) is 29.8 Å². The van der Waals surface area contributed by atoms with E-state index >= 15 is 0 Å². The molecule has 0 saturated carbocycles. The summed E-state index contributed by atoms with van der Waals surface area (Å²) in [6.45, 7) is 0.937. The molecule has 1 saturated heterocycles. The van der Waals surface area contributed by atoms with Crippen molar-refractivity contribution in [3.05, 3.63) is 11.3 Å². The number of esters is 1. The summed E-state index contributed by atoms with van der Waals surface area (Å²) in [5, 5.41) is 18.6. The van der Waals surface area contributed by atoms with Crippen LogP contribution in [0.5, 0.6) is 0 Å². The first-order chi connectivity index (χ1) is 12.2. The molecule has 0 spiro atoms. The highest BCUT2D eigenvalue weighted by Crippen LogP contribution is 2.40. The van der Waals surface area contributed by atoms with Gasteiger partial charge in [0.2, 0.25) is 0 Å². The molecule has 26 heavy (non-hydrogen) atoms. The standard InChI is InChI=1S/C14H15N3O7S2/c1-6(18)24-4-7-5-25-13-9(12(20)17(13)10(7)14(21)22)16-11(19)8(3-15)26(2)23/h8-9,13H,4-5H2,1-2H3,(H,16,19)(H,21,22)/t8?,9-,13-,26?/m1/s1. The summed E-state index contributed by atoms with van der Waals surface area (Å²) < 4.78 is 16.2. The molecule has 4 atom stereocenters. The Morgan fingerprint density at radius 3 is 2.73 bits per heavy atom. The highest BCUT2D eigenvalue weighted by atomic mass is 32.2. The van der Waals surface area contributed by atoms with Gasteiger partial charge in [-0.3, -0.25) is 19.3 Å². The fourth-order valence-electron chi connectivity index (χ4n) is 2.50. The number of nitrogens with one attached hydrogen (secondary N) is 1. The Labute approximate surface area is 155 Å². The quantitative estimate of drug-likeness (QED) is 0.308. The fourth-order valence-corrected chi connectivity index (χ4v) is 4.34. The maximum absolute atomic E-state index is 12.3. The molecule has 2 N–H and O–H groups in total. The molecule has 2 heterocycles. The number of fused-ring (bicyclic) bond motifs is 1. The van der Waals surface area contributed by atoms with E-state index in [4.69, 9.17) is 10.00 Å². The zero-order valence-corrected chi connectivity index (χ0v) is 15.4. The molecule has 10 nitrogen and oxygen atoms in total. The molecule has 0 aromatic rings. The van der Waals surface area contributed by atoms with Crippen LogP contribution in [0.4, 0.5) is 0 Å². The van der Waals surface area contributed by atoms with Crippen molar-refractivity contribution in [3.8, 4) is 6.07 Å². The lowest BCUT2D eigenvalue weighted by Gasteiger charge is -2.49. The minimum atomic E-state index is -1.73. The largest absolute Gasteiger partial charge is 0.615 e. The second kappa shape index (κ2) is 7.98. The molecule has 1 fully saturated rings. The minimum Gasteiger partial charge on any atom is -0.615 e. The van der Waals surface area contributed by atoms with Crippen LogP contribution in [0.2, 0.25) is 0 Å². The van der Waals surface area contributed by atoms with Gasteiger partial charge in [0.15, 0.2) is 0 Å². The maximum atomic E-state index is 12.3. The molecule has 0 aromatic carbocycles. The highest BCUT2D eigenvalue weighted by Gasteiger charge is 2.55. The number of hydrogen-bond donors (Lipinski definition) is 2. The van der Waals surface area contributed by atoms with Crippen molar-refractivity contribution in [2.24, 2.45) is 0 Å². The summed E-state index contributed by atoms with van der Waals surface area (Å²) in [5.74, 6) is -3.24. The Kier molecular flexibility index (Phi) is 6.17. The summed E-state index contributed by atoms with van der Waals surface area (Å²) in [5.41, 5.74) is -0.00181. The monoisotopic (exact) mass is 401 g/mol. The normalized spacial score (nSPS) is 23.9. The number of carboxylic acids is 1. The molecule has 2 aliphatic rings. The third-order valence-electron chi connectivity index (χ3n) is 3.68. The number of carbonyl (C=O) groups is 4. The van der Waals surface area contributed by atoms with Crippen LogP contribution in [0, 0.1) is 11.3 Å². The van der Waals surface area contributed by atoms with Gasteiger partial charge in [-0.2, -0.15) is 5.26 Å². The van der Waals surface area contributed by atoms with Crippen LogP contribution in [0.3, 0.4) is 0 Å². The van der Waals surface area contributed by atoms with E-state index in [1.165, 1.54) is 24.9 Å². The van der Waals surface area contributed by atoms with Gasteiger partial charge in [-0.05, 0) is 11.2 Å². The van der Waals surface area contributed by atoms with Crippen molar-refractivity contribution in [1.29, 1.82) is 5.26 Å². The van der Waals surface area contributed by atoms with Gasteiger partial charge < -0.3 is 19.7 Å². The summed E-state index contributed by atoms with van der Waals surface area (Å²) in [6, 6.07) is 0.590. The van der Waals surface area contributed by atoms with E-state index in [0.29, 0.717) is 0 Å². The van der Waals surface area contributed by atoms with Crippen LogP contribution in [0.15, 0.2) is 11.3 Å². The molecule has 0 aliphatic carbocycles. The average Bonchev–Trinajstić information content (AvgIpc) is 2.56. The molecule has 2 rings (SSSR count). The lowest BCUT2D eigenvalue weighted by Crippen LogP contribution is -2.71. The van der Waals surface area contributed by atoms with E-state index in [1.807, 2.05) is 0 Å². The topological polar surface area (TPSA) is 160 Å². The highest BCUT2D eigenvalue weighted by molar-refractivity contribution is 8.00. The number of aliphatic carboxylic acids is 1. The number of nitrogens with zero attached hydrogens (tertiary/aromatic N) is 2. The molecule has 12 heteroatoms. The lowest BCUT2D eigenvalue weighted by molar-refractivity contribution is -0.150. The summed E-state index contributed by atoms with van der Waals surface area (Å²) in [6.07, 6.45) is 1.20. The molecular formula is C14H15N3O7S2. The zero-order chi connectivity index (χ0) is 19.6. The van der Waals surface area contributed by atoms with Crippen molar-refractivity contribution in [2.45, 2.75) is 23.6 Å². The minimum absolute atomic E-state index is 0.192. The number of hydrogen-bond acceptors (Lipinski definition) is 8. The van der Waals surface area contributed by atoms with Crippen LogP contribution >= 0.6 is 11.8 Å². The number of β-lactam (4-membered cyclic amide) rings is 1. The van der Waals surface area contributed by atoms with Gasteiger partial charge in [-0.15, -0.1) is 11.8 Å². The first-order valence-electron chi connectivity index (χ1n) is 7.24. The van der Waals surface area contributed by atoms with E-state index in [2.05, 4.69) is 5.32 Å². The lowest BCUT2D eigenvalue weighted by atomic mass is 10.0. The van der Waals surface area contributed by atoms with Crippen molar-refractivity contribution in [2.75, 3.05) is 18.6 Å². The Morgan fingerprint density at radius 1 is 1.58 bits per heavy atom. The van der Waals surface area contributed by atoms with E-state index in [-0.39, 0.29) is 23.6 Å². The fraction of sp³-hybridized carbons (Fsp3) is 0.500. The smallest absolute Gasteiger partial charge is 0.352 e. The van der Waals surface area contributed by atoms with Gasteiger partial charge in [0.25, 0.3) is 17.1 Å². The molecule has 140 valence electrons. The third kappa shape index (κ3) is 3.79. The SMILES string of the molecule is CC(=O)OCC1=C(C(=O)O)N2C(=O)[C@@H](NC(=O)C(C#N)[S+](C)[O-])[C@H]2SC1. The van der Waals surface area contributed by atoms with Crippen molar-refractivity contribution < 1.29 is 33.6 Å². The van der Waals surface area contributed by atoms with Crippen molar-refractivity contribution in [3.63, 3.8) is 0 Å². The number of rotatable bonds is 6. The molecule has 0 aromatic heterocycles. The number of carbonyl (C=O) groups excluding carboxylic acids is 3. The molecular weight excluding hydrogens is 386 g/mol. The first-order valence-corrected chi connectivity index (χ1v) is 9.91. The maximum Gasteiger partial charge on any atom is 0.352 e. The zero-order valence-electron chi connectivity index (χ0n) is 13.8. The van der Waals surface area contributed by atoms with Gasteiger partial charge in [-0.1, -0.05) is 0 Å². The van der Waals surface area contributed by atoms with Crippen LogP contribution in [0.1, 0.15) is 6.92 Å². The van der Waals surface area contributed by atoms with Gasteiger partial charge in [0, 0.05) is 18.2 Å². The predicted octanol–water partition coefficient (Wildman–Crippen LogP) is -1.44. The van der Waals surface area contributed by atoms with Gasteiger partial charge in [0.05, 0.1) is 6.26 Å². The second-order valence-electron chi connectivity index (χ2n) is 5.44. The molecule has 0 bridgehead atoms. The molecule has 2 unspecified atom stereocenters. The van der Waals surface area contributed by atoms with E-state index in [0.717, 1.165) is 4.90 Å². The van der Waals surface area contributed by atoms with E-state index in [1.54, 1.807) is 6.07 Å². The second-order valence-corrected chi connectivity index (χ2v) is 8.01. The Morgan fingerprint density at radius 2 is 2.23 bits per heavy atom. The number of amides is 2. The number of ether oxygens (including phenoxy) is 1. The third-order valence-corrected chi connectivity index (χ3v) is 6.01. The van der Waals surface area contributed by atoms with Crippen LogP contribution < -0.4 is 5.32 Å². The van der Waals surface area contributed by atoms with E-state index in [9.17, 15) is 28.8 Å². The number of thioether (sulfide) groups is 1. The number of carboxylic acid groups (broad SMARTS) is 1. The van der Waals surface area contributed by atoms with Gasteiger partial charge >= 0.3 is 11.9 Å². The van der Waals surface area contributed by atoms with E-state index < -0.39 is 51.6 Å². The summed E-state index contributed by atoms with van der Waals surface area (Å²) >= 11 is -0.538. The predicted molar refractivity (Wildman–Crippen MR) is 89.8 cm³/mol. The van der Waals surface area contributed by atoms with Crippen molar-refractivity contribution >= 4 is 46.7 Å². The van der Waals surface area contributed by atoms with Crippen LogP contribution in [0.25, 0.3) is 0 Å².